The van der Waals surface area contributed by atoms with E-state index in [4.69, 9.17) is 0 Å². The SMILES string of the molecule is CCC(=O)N1CCN(C2=NS(=O)(=O)c3ccccc32)CC1. The third-order valence-corrected chi connectivity index (χ3v) is 5.17. The van der Waals surface area contributed by atoms with E-state index < -0.39 is 10.0 Å². The molecule has 6 nitrogen and oxygen atoms in total. The largest absolute Gasteiger partial charge is 0.352 e. The molecule has 0 bridgehead atoms. The minimum absolute atomic E-state index is 0.135. The molecule has 0 aromatic heterocycles. The number of sulfonamides is 1. The minimum Gasteiger partial charge on any atom is -0.352 e. The summed E-state index contributed by atoms with van der Waals surface area (Å²) < 4.78 is 28.0. The molecule has 1 fully saturated rings. The first kappa shape index (κ1) is 14.1. The van der Waals surface area contributed by atoms with Gasteiger partial charge in [0.2, 0.25) is 5.91 Å². The zero-order chi connectivity index (χ0) is 15.0. The van der Waals surface area contributed by atoms with Crippen LogP contribution in [0.15, 0.2) is 33.6 Å². The van der Waals surface area contributed by atoms with Crippen molar-refractivity contribution in [1.29, 1.82) is 0 Å². The van der Waals surface area contributed by atoms with Crippen LogP contribution in [0, 0.1) is 0 Å². The van der Waals surface area contributed by atoms with Crippen LogP contribution in [0.2, 0.25) is 0 Å². The fourth-order valence-electron chi connectivity index (χ4n) is 2.71. The highest BCUT2D eigenvalue weighted by molar-refractivity contribution is 7.90. The van der Waals surface area contributed by atoms with Gasteiger partial charge in [-0.05, 0) is 12.1 Å². The second-order valence-corrected chi connectivity index (χ2v) is 6.68. The summed E-state index contributed by atoms with van der Waals surface area (Å²) in [6, 6.07) is 6.87. The van der Waals surface area contributed by atoms with Gasteiger partial charge in [0.15, 0.2) is 5.84 Å². The lowest BCUT2D eigenvalue weighted by Gasteiger charge is -2.35. The maximum atomic E-state index is 12.0. The fourth-order valence-corrected chi connectivity index (χ4v) is 3.94. The Morgan fingerprint density at radius 1 is 1.19 bits per heavy atom. The molecule has 0 atom stereocenters. The van der Waals surface area contributed by atoms with Crippen molar-refractivity contribution in [2.24, 2.45) is 4.40 Å². The van der Waals surface area contributed by atoms with Crippen LogP contribution in [0.4, 0.5) is 0 Å². The van der Waals surface area contributed by atoms with Gasteiger partial charge in [-0.3, -0.25) is 4.79 Å². The molecule has 0 unspecified atom stereocenters. The van der Waals surface area contributed by atoms with E-state index in [1.165, 1.54) is 0 Å². The standard InChI is InChI=1S/C14H17N3O3S/c1-2-13(18)16-7-9-17(10-8-16)14-11-5-3-4-6-12(11)21(19,20)15-14/h3-6H,2,7-10H2,1H3. The lowest BCUT2D eigenvalue weighted by atomic mass is 10.1. The zero-order valence-corrected chi connectivity index (χ0v) is 12.6. The van der Waals surface area contributed by atoms with Crippen LogP contribution in [-0.4, -0.2) is 56.1 Å². The van der Waals surface area contributed by atoms with Gasteiger partial charge in [-0.1, -0.05) is 19.1 Å². The molecule has 1 amide bonds. The quantitative estimate of drug-likeness (QED) is 0.765. The highest BCUT2D eigenvalue weighted by Gasteiger charge is 2.33. The van der Waals surface area contributed by atoms with E-state index in [1.807, 2.05) is 22.8 Å². The first-order chi connectivity index (χ1) is 10.0. The molecule has 21 heavy (non-hydrogen) atoms. The van der Waals surface area contributed by atoms with Gasteiger partial charge in [0.05, 0.1) is 0 Å². The van der Waals surface area contributed by atoms with E-state index in [0.29, 0.717) is 44.0 Å². The molecule has 2 aliphatic heterocycles. The number of carbonyl (C=O) groups excluding carboxylic acids is 1. The summed E-state index contributed by atoms with van der Waals surface area (Å²) in [6.45, 7) is 4.27. The van der Waals surface area contributed by atoms with Crippen molar-refractivity contribution in [3.8, 4) is 0 Å². The van der Waals surface area contributed by atoms with Crippen LogP contribution in [-0.2, 0) is 14.8 Å². The molecule has 3 rings (SSSR count). The summed E-state index contributed by atoms with van der Waals surface area (Å²) in [5.74, 6) is 0.644. The monoisotopic (exact) mass is 307 g/mol. The molecule has 7 heteroatoms. The van der Waals surface area contributed by atoms with Crippen molar-refractivity contribution in [3.63, 3.8) is 0 Å². The van der Waals surface area contributed by atoms with E-state index in [-0.39, 0.29) is 10.8 Å². The van der Waals surface area contributed by atoms with Gasteiger partial charge in [0.1, 0.15) is 4.90 Å². The first-order valence-electron chi connectivity index (χ1n) is 7.00. The summed E-state index contributed by atoms with van der Waals surface area (Å²) >= 11 is 0. The van der Waals surface area contributed by atoms with Gasteiger partial charge in [-0.25, -0.2) is 0 Å². The average molecular weight is 307 g/mol. The molecule has 1 aromatic rings. The number of amidine groups is 1. The molecule has 0 aliphatic carbocycles. The van der Waals surface area contributed by atoms with Crippen molar-refractivity contribution in [2.75, 3.05) is 26.2 Å². The van der Waals surface area contributed by atoms with Gasteiger partial charge < -0.3 is 9.80 Å². The van der Waals surface area contributed by atoms with E-state index in [0.717, 1.165) is 0 Å². The minimum atomic E-state index is -3.57. The molecular weight excluding hydrogens is 290 g/mol. The predicted octanol–water partition coefficient (Wildman–Crippen LogP) is 0.690. The number of hydrogen-bond acceptors (Lipinski definition) is 4. The third-order valence-electron chi connectivity index (χ3n) is 3.85. The Kier molecular flexibility index (Phi) is 3.44. The predicted molar refractivity (Wildman–Crippen MR) is 78.6 cm³/mol. The van der Waals surface area contributed by atoms with Gasteiger partial charge in [0.25, 0.3) is 10.0 Å². The summed E-state index contributed by atoms with van der Waals surface area (Å²) in [7, 11) is -3.57. The Hall–Kier alpha value is -1.89. The number of amides is 1. The van der Waals surface area contributed by atoms with Crippen LogP contribution in [0.5, 0.6) is 0 Å². The number of rotatable bonds is 1. The molecule has 112 valence electrons. The van der Waals surface area contributed by atoms with E-state index in [9.17, 15) is 13.2 Å². The summed E-state index contributed by atoms with van der Waals surface area (Å²) in [5, 5.41) is 0. The van der Waals surface area contributed by atoms with E-state index in [2.05, 4.69) is 4.40 Å². The third kappa shape index (κ3) is 2.42. The van der Waals surface area contributed by atoms with Crippen molar-refractivity contribution in [2.45, 2.75) is 18.2 Å². The van der Waals surface area contributed by atoms with Gasteiger partial charge in [0, 0.05) is 38.2 Å². The number of fused-ring (bicyclic) bond motifs is 1. The highest BCUT2D eigenvalue weighted by Crippen LogP contribution is 2.27. The summed E-state index contributed by atoms with van der Waals surface area (Å²) in [4.78, 5) is 15.7. The number of benzene rings is 1. The Morgan fingerprint density at radius 3 is 2.52 bits per heavy atom. The van der Waals surface area contributed by atoms with Gasteiger partial charge in [-0.15, -0.1) is 4.40 Å². The zero-order valence-electron chi connectivity index (χ0n) is 11.8. The lowest BCUT2D eigenvalue weighted by Crippen LogP contribution is -2.50. The normalized spacial score (nSPS) is 20.1. The van der Waals surface area contributed by atoms with Crippen molar-refractivity contribution < 1.29 is 13.2 Å². The molecule has 0 saturated carbocycles. The maximum absolute atomic E-state index is 12.0. The Balaban J connectivity index is 1.83. The molecule has 2 aliphatic rings. The van der Waals surface area contributed by atoms with Crippen LogP contribution >= 0.6 is 0 Å². The Bertz CT molecular complexity index is 704. The van der Waals surface area contributed by atoms with Crippen LogP contribution in [0.1, 0.15) is 18.9 Å². The molecule has 0 radical (unpaired) electrons. The topological polar surface area (TPSA) is 70.1 Å². The molecule has 2 heterocycles. The molecule has 1 aromatic carbocycles. The number of nitrogens with zero attached hydrogens (tertiary/aromatic N) is 3. The number of carbonyl (C=O) groups is 1. The Labute approximate surface area is 124 Å². The second kappa shape index (κ2) is 5.14. The van der Waals surface area contributed by atoms with E-state index >= 15 is 0 Å². The first-order valence-corrected chi connectivity index (χ1v) is 8.44. The lowest BCUT2D eigenvalue weighted by molar-refractivity contribution is -0.132. The van der Waals surface area contributed by atoms with Crippen molar-refractivity contribution >= 4 is 21.8 Å². The van der Waals surface area contributed by atoms with Crippen LogP contribution in [0.25, 0.3) is 0 Å². The molecule has 0 N–H and O–H groups in total. The smallest absolute Gasteiger partial charge is 0.285 e. The van der Waals surface area contributed by atoms with Crippen molar-refractivity contribution in [3.05, 3.63) is 29.8 Å². The second-order valence-electron chi connectivity index (χ2n) is 5.11. The van der Waals surface area contributed by atoms with Gasteiger partial charge >= 0.3 is 0 Å². The van der Waals surface area contributed by atoms with Crippen LogP contribution < -0.4 is 0 Å². The van der Waals surface area contributed by atoms with Crippen molar-refractivity contribution in [1.82, 2.24) is 9.80 Å². The maximum Gasteiger partial charge on any atom is 0.285 e. The highest BCUT2D eigenvalue weighted by atomic mass is 32.2. The molecule has 0 spiro atoms. The summed E-state index contributed by atoms with van der Waals surface area (Å²) in [5.41, 5.74) is 0.660. The summed E-state index contributed by atoms with van der Waals surface area (Å²) in [6.07, 6.45) is 0.498. The van der Waals surface area contributed by atoms with Crippen LogP contribution in [0.3, 0.4) is 0 Å². The average Bonchev–Trinajstić information content (AvgIpc) is 2.79. The van der Waals surface area contributed by atoms with E-state index in [1.54, 1.807) is 18.2 Å². The van der Waals surface area contributed by atoms with Gasteiger partial charge in [-0.2, -0.15) is 8.42 Å². The number of hydrogen-bond donors (Lipinski definition) is 0. The molecule has 1 saturated heterocycles. The Morgan fingerprint density at radius 2 is 1.86 bits per heavy atom. The number of piperazine rings is 1. The molecular formula is C14H17N3O3S. The fraction of sp³-hybridized carbons (Fsp3) is 0.429.